The van der Waals surface area contributed by atoms with Crippen molar-refractivity contribution in [3.8, 4) is 0 Å². The van der Waals surface area contributed by atoms with Gasteiger partial charge in [0.05, 0.1) is 0 Å². The van der Waals surface area contributed by atoms with Gasteiger partial charge in [-0.15, -0.1) is 0 Å². The van der Waals surface area contributed by atoms with Crippen molar-refractivity contribution in [1.29, 1.82) is 0 Å². The topological polar surface area (TPSA) is 78.9 Å². The van der Waals surface area contributed by atoms with Crippen LogP contribution in [0.25, 0.3) is 0 Å². The largest absolute Gasteiger partial charge is 0.462 e. The molecule has 0 bridgehead atoms. The molecule has 1 atom stereocenters. The van der Waals surface area contributed by atoms with Gasteiger partial charge in [0.2, 0.25) is 0 Å². The van der Waals surface area contributed by atoms with Gasteiger partial charge in [0.25, 0.3) is 0 Å². The van der Waals surface area contributed by atoms with Crippen LogP contribution in [-0.2, 0) is 28.6 Å². The van der Waals surface area contributed by atoms with E-state index in [4.69, 9.17) is 14.2 Å². The monoisotopic (exact) mass is 953 g/mol. The van der Waals surface area contributed by atoms with Crippen molar-refractivity contribution >= 4 is 17.9 Å². The lowest BCUT2D eigenvalue weighted by Crippen LogP contribution is -2.30. The number of carbonyl (C=O) groups excluding carboxylic acids is 3. The molecular weight excluding hydrogens is 853 g/mol. The Kier molecular flexibility index (Phi) is 52.5. The van der Waals surface area contributed by atoms with E-state index in [9.17, 15) is 14.4 Å². The normalized spacial score (nSPS) is 13.1. The van der Waals surface area contributed by atoms with E-state index >= 15 is 0 Å². The zero-order valence-corrected chi connectivity index (χ0v) is 44.3. The molecule has 0 aliphatic heterocycles. The van der Waals surface area contributed by atoms with Crippen molar-refractivity contribution in [1.82, 2.24) is 0 Å². The molecule has 1 unspecified atom stereocenters. The third kappa shape index (κ3) is 54.4. The lowest BCUT2D eigenvalue weighted by Gasteiger charge is -2.18. The first-order chi connectivity index (χ1) is 34.0. The van der Waals surface area contributed by atoms with Gasteiger partial charge < -0.3 is 14.2 Å². The summed E-state index contributed by atoms with van der Waals surface area (Å²) in [5, 5.41) is 0. The van der Waals surface area contributed by atoms with Crippen molar-refractivity contribution in [2.75, 3.05) is 13.2 Å². The maximum atomic E-state index is 12.8. The highest BCUT2D eigenvalue weighted by Crippen LogP contribution is 2.13. The van der Waals surface area contributed by atoms with Gasteiger partial charge in [-0.05, 0) is 128 Å². The number of hydrogen-bond donors (Lipinski definition) is 0. The second kappa shape index (κ2) is 56.1. The predicted molar refractivity (Wildman–Crippen MR) is 297 cm³/mol. The van der Waals surface area contributed by atoms with E-state index in [1.165, 1.54) is 32.1 Å². The van der Waals surface area contributed by atoms with E-state index in [0.717, 1.165) is 148 Å². The Morgan fingerprint density at radius 3 is 0.841 bits per heavy atom. The molecule has 0 heterocycles. The van der Waals surface area contributed by atoms with Gasteiger partial charge in [0.15, 0.2) is 6.10 Å². The minimum absolute atomic E-state index is 0.109. The maximum Gasteiger partial charge on any atom is 0.306 e. The van der Waals surface area contributed by atoms with Crippen molar-refractivity contribution in [2.45, 2.75) is 232 Å². The van der Waals surface area contributed by atoms with Crippen LogP contribution < -0.4 is 0 Å². The Labute approximate surface area is 424 Å². The first-order valence-corrected chi connectivity index (χ1v) is 27.7. The smallest absolute Gasteiger partial charge is 0.306 e. The summed E-state index contributed by atoms with van der Waals surface area (Å²) in [6.45, 7) is 6.23. The first-order valence-electron chi connectivity index (χ1n) is 27.7. The number of carbonyl (C=O) groups is 3. The van der Waals surface area contributed by atoms with Gasteiger partial charge in [-0.25, -0.2) is 0 Å². The fraction of sp³-hybridized carbons (Fsp3) is 0.603. The number of esters is 3. The molecule has 6 nitrogen and oxygen atoms in total. The van der Waals surface area contributed by atoms with Crippen molar-refractivity contribution in [2.24, 2.45) is 0 Å². The molecule has 0 spiro atoms. The van der Waals surface area contributed by atoms with Crippen LogP contribution in [0.5, 0.6) is 0 Å². The summed E-state index contributed by atoms with van der Waals surface area (Å²) in [6.07, 6.45) is 78.7. The molecule has 0 amide bonds. The van der Waals surface area contributed by atoms with Crippen LogP contribution in [0.2, 0.25) is 0 Å². The predicted octanol–water partition coefficient (Wildman–Crippen LogP) is 18.6. The minimum atomic E-state index is -0.816. The molecule has 0 saturated heterocycles. The second-order valence-corrected chi connectivity index (χ2v) is 17.7. The molecule has 0 aromatic heterocycles. The number of allylic oxidation sites excluding steroid dienone is 22. The maximum absolute atomic E-state index is 12.8. The zero-order valence-electron chi connectivity index (χ0n) is 44.3. The van der Waals surface area contributed by atoms with Gasteiger partial charge in [0.1, 0.15) is 13.2 Å². The molecule has 69 heavy (non-hydrogen) atoms. The van der Waals surface area contributed by atoms with E-state index in [2.05, 4.69) is 154 Å². The summed E-state index contributed by atoms with van der Waals surface area (Å²) >= 11 is 0. The Bertz CT molecular complexity index is 1510. The summed E-state index contributed by atoms with van der Waals surface area (Å²) in [4.78, 5) is 38.1. The second-order valence-electron chi connectivity index (χ2n) is 17.7. The van der Waals surface area contributed by atoms with Gasteiger partial charge >= 0.3 is 17.9 Å². The van der Waals surface area contributed by atoms with Gasteiger partial charge in [-0.1, -0.05) is 212 Å². The Hall–Kier alpha value is -4.45. The van der Waals surface area contributed by atoms with Crippen LogP contribution in [0.4, 0.5) is 0 Å². The first kappa shape index (κ1) is 64.5. The highest BCUT2D eigenvalue weighted by molar-refractivity contribution is 5.71. The van der Waals surface area contributed by atoms with Gasteiger partial charge in [-0.2, -0.15) is 0 Å². The third-order valence-corrected chi connectivity index (χ3v) is 11.1. The summed E-state index contributed by atoms with van der Waals surface area (Å²) in [6, 6.07) is 0. The van der Waals surface area contributed by atoms with E-state index in [1.807, 2.05) is 0 Å². The standard InChI is InChI=1S/C63H100O6/c1-4-7-10-13-16-19-22-25-28-29-30-31-32-33-36-38-41-44-47-50-53-56-62(65)68-59-60(69-63(66)57-54-51-48-45-42-39-35-27-24-21-18-15-12-9-6-3)58-67-61(64)55-52-49-46-43-40-37-34-26-23-20-17-14-11-8-5-2/h7-12,16-21,25-28,30-31,34-35,42,45,60H,4-6,13-15,22-24,29,32-33,36-41,43-44,46-59H2,1-3H3/b10-7-,11-8-,12-9-,19-16-,20-17-,21-18-,28-25-,31-30-,34-26-,35-27-,45-42-. The van der Waals surface area contributed by atoms with Crippen LogP contribution in [0, 0.1) is 0 Å². The van der Waals surface area contributed by atoms with Crippen LogP contribution >= 0.6 is 0 Å². The number of ether oxygens (including phenoxy) is 3. The number of rotatable bonds is 48. The molecule has 6 heteroatoms. The Morgan fingerprint density at radius 1 is 0.290 bits per heavy atom. The molecule has 0 saturated carbocycles. The third-order valence-electron chi connectivity index (χ3n) is 11.1. The molecule has 0 aromatic carbocycles. The van der Waals surface area contributed by atoms with Crippen molar-refractivity contribution < 1.29 is 28.6 Å². The summed E-state index contributed by atoms with van der Waals surface area (Å²) in [7, 11) is 0. The lowest BCUT2D eigenvalue weighted by molar-refractivity contribution is -0.167. The highest BCUT2D eigenvalue weighted by Gasteiger charge is 2.19. The van der Waals surface area contributed by atoms with E-state index in [1.54, 1.807) is 0 Å². The summed E-state index contributed by atoms with van der Waals surface area (Å²) in [5.41, 5.74) is 0. The fourth-order valence-electron chi connectivity index (χ4n) is 7.08. The lowest BCUT2D eigenvalue weighted by atomic mass is 10.1. The Balaban J connectivity index is 4.48. The SMILES string of the molecule is CC/C=C\C/C=C\C/C=C\C/C=C\CCCCCCCCCCC(=O)OCC(COC(=O)CCCCCCC/C=C\C/C=C\C/C=C\CC)OC(=O)CCCC/C=C\C/C=C\C/C=C\C/C=C\CC. The van der Waals surface area contributed by atoms with Crippen LogP contribution in [0.3, 0.4) is 0 Å². The van der Waals surface area contributed by atoms with Gasteiger partial charge in [-0.3, -0.25) is 14.4 Å². The number of unbranched alkanes of at least 4 members (excludes halogenated alkanes) is 15. The molecule has 0 aromatic rings. The molecule has 0 fully saturated rings. The molecule has 0 aliphatic rings. The van der Waals surface area contributed by atoms with Crippen LogP contribution in [-0.4, -0.2) is 37.2 Å². The van der Waals surface area contributed by atoms with E-state index in [-0.39, 0.29) is 37.5 Å². The van der Waals surface area contributed by atoms with Gasteiger partial charge in [0, 0.05) is 19.3 Å². The van der Waals surface area contributed by atoms with Crippen molar-refractivity contribution in [3.63, 3.8) is 0 Å². The average Bonchev–Trinajstić information content (AvgIpc) is 3.35. The Morgan fingerprint density at radius 2 is 0.522 bits per heavy atom. The van der Waals surface area contributed by atoms with E-state index in [0.29, 0.717) is 19.3 Å². The molecule has 0 aliphatic carbocycles. The number of hydrogen-bond acceptors (Lipinski definition) is 6. The summed E-state index contributed by atoms with van der Waals surface area (Å²) < 4.78 is 16.8. The molecule has 0 rings (SSSR count). The average molecular weight is 953 g/mol. The van der Waals surface area contributed by atoms with Crippen LogP contribution in [0.1, 0.15) is 226 Å². The quantitative estimate of drug-likeness (QED) is 0.0262. The minimum Gasteiger partial charge on any atom is -0.462 e. The fourth-order valence-corrected chi connectivity index (χ4v) is 7.08. The van der Waals surface area contributed by atoms with E-state index < -0.39 is 6.10 Å². The molecule has 388 valence electrons. The molecule has 0 N–H and O–H groups in total. The molecular formula is C63H100O6. The molecule has 0 radical (unpaired) electrons. The summed E-state index contributed by atoms with van der Waals surface area (Å²) in [5.74, 6) is -0.982. The zero-order chi connectivity index (χ0) is 50.0. The highest BCUT2D eigenvalue weighted by atomic mass is 16.6. The van der Waals surface area contributed by atoms with Crippen molar-refractivity contribution in [3.05, 3.63) is 134 Å². The van der Waals surface area contributed by atoms with Crippen LogP contribution in [0.15, 0.2) is 134 Å².